The van der Waals surface area contributed by atoms with Crippen molar-refractivity contribution < 1.29 is 31.9 Å². The minimum absolute atomic E-state index is 0.0271. The van der Waals surface area contributed by atoms with Gasteiger partial charge in [-0.15, -0.1) is 22.7 Å². The first kappa shape index (κ1) is 29.9. The summed E-state index contributed by atoms with van der Waals surface area (Å²) in [7, 11) is 0. The van der Waals surface area contributed by atoms with Crippen LogP contribution in [-0.2, 0) is 17.5 Å². The number of carbonyl (C=O) groups excluding carboxylic acids is 1. The number of piperidine rings is 1. The lowest BCUT2D eigenvalue weighted by Crippen LogP contribution is -2.52. The lowest BCUT2D eigenvalue weighted by Gasteiger charge is -2.42. The molecule has 3 aromatic heterocycles. The number of nitrogens with zero attached hydrogens (tertiary/aromatic N) is 3. The van der Waals surface area contributed by atoms with Crippen LogP contribution in [0.15, 0.2) is 58.3 Å². The molecule has 1 N–H and O–H groups in total. The van der Waals surface area contributed by atoms with E-state index in [4.69, 9.17) is 0 Å². The van der Waals surface area contributed by atoms with Gasteiger partial charge in [0.1, 0.15) is 4.88 Å². The first-order chi connectivity index (χ1) is 20.3. The molecular weight excluding hydrogens is 609 g/mol. The third-order valence-corrected chi connectivity index (χ3v) is 10.6. The average molecular weight is 638 g/mol. The van der Waals surface area contributed by atoms with E-state index in [0.29, 0.717) is 22.2 Å². The molecule has 0 radical (unpaired) electrons. The zero-order valence-corrected chi connectivity index (χ0v) is 24.5. The van der Waals surface area contributed by atoms with Crippen LogP contribution in [0.2, 0.25) is 0 Å². The minimum Gasteiger partial charge on any atom is -0.388 e. The third kappa shape index (κ3) is 5.99. The number of rotatable bonds is 5. The number of benzene rings is 1. The van der Waals surface area contributed by atoms with E-state index in [1.807, 2.05) is 30.3 Å². The van der Waals surface area contributed by atoms with E-state index < -0.39 is 53.2 Å². The molecule has 0 bridgehead atoms. The molecule has 2 fully saturated rings. The second kappa shape index (κ2) is 11.1. The maximum absolute atomic E-state index is 14.4. The number of fused-ring (bicyclic) bond motifs is 1. The van der Waals surface area contributed by atoms with Crippen LogP contribution in [0.5, 0.6) is 0 Å². The molecule has 2 aliphatic rings. The number of alkyl halides is 5. The summed E-state index contributed by atoms with van der Waals surface area (Å²) in [4.78, 5) is 32.8. The molecule has 0 spiro atoms. The Kier molecular flexibility index (Phi) is 7.70. The molecule has 6 rings (SSSR count). The van der Waals surface area contributed by atoms with Crippen LogP contribution in [0, 0.1) is 5.92 Å². The molecule has 6 nitrogen and oxygen atoms in total. The first-order valence-corrected chi connectivity index (χ1v) is 15.7. The number of aromatic nitrogens is 2. The monoisotopic (exact) mass is 637 g/mol. The van der Waals surface area contributed by atoms with E-state index in [1.165, 1.54) is 32.5 Å². The summed E-state index contributed by atoms with van der Waals surface area (Å²) < 4.78 is 69.7. The quantitative estimate of drug-likeness (QED) is 0.245. The van der Waals surface area contributed by atoms with E-state index in [2.05, 4.69) is 4.98 Å². The van der Waals surface area contributed by atoms with E-state index >= 15 is 0 Å². The van der Waals surface area contributed by atoms with Gasteiger partial charge in [0.25, 0.3) is 5.56 Å². The summed E-state index contributed by atoms with van der Waals surface area (Å²) >= 11 is 1.86. The molecule has 13 heteroatoms. The fraction of sp³-hybridized carbons (Fsp3) is 0.433. The molecule has 0 unspecified atom stereocenters. The highest BCUT2D eigenvalue weighted by atomic mass is 32.1. The highest BCUT2D eigenvalue weighted by Gasteiger charge is 2.47. The highest BCUT2D eigenvalue weighted by molar-refractivity contribution is 7.15. The zero-order chi connectivity index (χ0) is 30.6. The molecule has 1 saturated carbocycles. The molecule has 1 aliphatic carbocycles. The lowest BCUT2D eigenvalue weighted by molar-refractivity contribution is -0.145. The number of carbonyl (C=O) groups is 1. The van der Waals surface area contributed by atoms with Crippen molar-refractivity contribution >= 4 is 39.5 Å². The van der Waals surface area contributed by atoms with Gasteiger partial charge in [0.2, 0.25) is 11.8 Å². The average Bonchev–Trinajstić information content (AvgIpc) is 3.63. The number of aliphatic hydroxyl groups is 1. The van der Waals surface area contributed by atoms with Gasteiger partial charge in [-0.1, -0.05) is 30.3 Å². The van der Waals surface area contributed by atoms with Crippen LogP contribution >= 0.6 is 22.7 Å². The molecule has 4 heterocycles. The molecule has 228 valence electrons. The standard InChI is InChI=1S/C30H28F5N3O3S2/c31-29(32)7-6-20(21(13-29)19-12-23(42-14-19)30(33,34)35)26(39)37-10-8-28(41,9-11-37)16-38-17-36-24-22(27(38)40)15-43-25(24)18-4-2-1-3-5-18/h1-5,12,14-15,17,20-21,41H,6-11,13,16H2/t20-,21+/m0/s1. The van der Waals surface area contributed by atoms with Crippen molar-refractivity contribution in [2.24, 2.45) is 5.92 Å². The van der Waals surface area contributed by atoms with E-state index in [1.54, 1.807) is 5.38 Å². The van der Waals surface area contributed by atoms with Gasteiger partial charge in [-0.05, 0) is 41.8 Å². The van der Waals surface area contributed by atoms with Crippen molar-refractivity contribution in [3.05, 3.63) is 74.3 Å². The largest absolute Gasteiger partial charge is 0.425 e. The van der Waals surface area contributed by atoms with E-state index in [-0.39, 0.29) is 50.0 Å². The van der Waals surface area contributed by atoms with Crippen LogP contribution in [0.3, 0.4) is 0 Å². The summed E-state index contributed by atoms with van der Waals surface area (Å²) in [6.07, 6.45) is -4.22. The van der Waals surface area contributed by atoms with Gasteiger partial charge in [0.15, 0.2) is 0 Å². The third-order valence-electron chi connectivity index (χ3n) is 8.56. The van der Waals surface area contributed by atoms with Gasteiger partial charge >= 0.3 is 6.18 Å². The van der Waals surface area contributed by atoms with E-state index in [0.717, 1.165) is 16.5 Å². The highest BCUT2D eigenvalue weighted by Crippen LogP contribution is 2.48. The van der Waals surface area contributed by atoms with Crippen molar-refractivity contribution in [1.82, 2.24) is 14.5 Å². The summed E-state index contributed by atoms with van der Waals surface area (Å²) in [6, 6.07) is 10.5. The molecule has 1 aromatic carbocycles. The van der Waals surface area contributed by atoms with Gasteiger partial charge in [-0.25, -0.2) is 13.8 Å². The van der Waals surface area contributed by atoms with Crippen LogP contribution in [0.25, 0.3) is 21.3 Å². The molecule has 43 heavy (non-hydrogen) atoms. The molecule has 1 saturated heterocycles. The first-order valence-electron chi connectivity index (χ1n) is 13.9. The number of likely N-dealkylation sites (tertiary alicyclic amines) is 1. The van der Waals surface area contributed by atoms with E-state index in [9.17, 15) is 36.6 Å². The second-order valence-electron chi connectivity index (χ2n) is 11.5. The number of hydrogen-bond acceptors (Lipinski definition) is 6. The number of hydrogen-bond donors (Lipinski definition) is 1. The Bertz CT molecular complexity index is 1690. The Hall–Kier alpha value is -3.16. The maximum Gasteiger partial charge on any atom is 0.425 e. The Morgan fingerprint density at radius 3 is 2.47 bits per heavy atom. The molecule has 1 amide bonds. The van der Waals surface area contributed by atoms with Crippen molar-refractivity contribution in [1.29, 1.82) is 0 Å². The fourth-order valence-corrected chi connectivity index (χ4v) is 8.04. The van der Waals surface area contributed by atoms with Crippen molar-refractivity contribution in [2.45, 2.75) is 62.3 Å². The smallest absolute Gasteiger partial charge is 0.388 e. The Morgan fingerprint density at radius 1 is 1.07 bits per heavy atom. The van der Waals surface area contributed by atoms with Crippen LogP contribution in [-0.4, -0.2) is 50.1 Å². The van der Waals surface area contributed by atoms with Crippen molar-refractivity contribution in [3.8, 4) is 10.4 Å². The maximum atomic E-state index is 14.4. The number of amides is 1. The topological polar surface area (TPSA) is 75.4 Å². The number of thiophene rings is 2. The molecule has 1 aliphatic heterocycles. The lowest BCUT2D eigenvalue weighted by atomic mass is 9.73. The minimum atomic E-state index is -4.59. The molecule has 4 aromatic rings. The predicted octanol–water partition coefficient (Wildman–Crippen LogP) is 6.78. The summed E-state index contributed by atoms with van der Waals surface area (Å²) in [5.74, 6) is -5.38. The van der Waals surface area contributed by atoms with Gasteiger partial charge < -0.3 is 10.0 Å². The van der Waals surface area contributed by atoms with Crippen molar-refractivity contribution in [2.75, 3.05) is 13.1 Å². The van der Waals surface area contributed by atoms with Gasteiger partial charge in [-0.2, -0.15) is 13.2 Å². The molecule has 2 atom stereocenters. The van der Waals surface area contributed by atoms with Crippen LogP contribution < -0.4 is 5.56 Å². The second-order valence-corrected chi connectivity index (χ2v) is 13.3. The predicted molar refractivity (Wildman–Crippen MR) is 154 cm³/mol. The van der Waals surface area contributed by atoms with Crippen molar-refractivity contribution in [3.63, 3.8) is 0 Å². The molecular formula is C30H28F5N3O3S2. The summed E-state index contributed by atoms with van der Waals surface area (Å²) in [6.45, 7) is 0.238. The zero-order valence-electron chi connectivity index (χ0n) is 22.8. The summed E-state index contributed by atoms with van der Waals surface area (Å²) in [5.41, 5.74) is 0.0596. The normalized spacial score (nSPS) is 22.1. The van der Waals surface area contributed by atoms with Crippen LogP contribution in [0.4, 0.5) is 22.0 Å². The Labute approximate surface area is 251 Å². The summed E-state index contributed by atoms with van der Waals surface area (Å²) in [5, 5.41) is 14.8. The SMILES string of the molecule is O=C([C@H]1CCC(F)(F)C[C@@H]1c1csc(C(F)(F)F)c1)N1CCC(O)(Cn2cnc3c(-c4ccccc4)scc3c2=O)CC1. The van der Waals surface area contributed by atoms with Gasteiger partial charge in [0, 0.05) is 43.1 Å². The fourth-order valence-electron chi connectivity index (χ4n) is 6.20. The van der Waals surface area contributed by atoms with Gasteiger partial charge in [-0.3, -0.25) is 14.2 Å². The Morgan fingerprint density at radius 2 is 1.79 bits per heavy atom. The van der Waals surface area contributed by atoms with Crippen LogP contribution in [0.1, 0.15) is 48.5 Å². The van der Waals surface area contributed by atoms with Gasteiger partial charge in [0.05, 0.1) is 34.3 Å². The number of halogens is 5. The Balaban J connectivity index is 1.15.